The average molecular weight is 293 g/mol. The number of nitrogens with one attached hydrogen (secondary N) is 2. The first kappa shape index (κ1) is 16.9. The third-order valence-corrected chi connectivity index (χ3v) is 3.30. The SMILES string of the molecule is CCc1cccnc1CNC(=O)NCCCC(C)C(=O)O. The van der Waals surface area contributed by atoms with Crippen molar-refractivity contribution in [2.45, 2.75) is 39.7 Å². The van der Waals surface area contributed by atoms with Gasteiger partial charge >= 0.3 is 12.0 Å². The molecule has 0 saturated heterocycles. The second-order valence-electron chi connectivity index (χ2n) is 4.95. The summed E-state index contributed by atoms with van der Waals surface area (Å²) in [6.07, 6.45) is 3.78. The molecule has 1 rings (SSSR count). The second-order valence-corrected chi connectivity index (χ2v) is 4.95. The van der Waals surface area contributed by atoms with Crippen LogP contribution in [0.4, 0.5) is 4.79 Å². The Morgan fingerprint density at radius 2 is 2.14 bits per heavy atom. The van der Waals surface area contributed by atoms with E-state index in [9.17, 15) is 9.59 Å². The second kappa shape index (κ2) is 8.94. The Hall–Kier alpha value is -2.11. The lowest BCUT2D eigenvalue weighted by Gasteiger charge is -2.10. The van der Waals surface area contributed by atoms with Crippen LogP contribution in [0.5, 0.6) is 0 Å². The Labute approximate surface area is 125 Å². The molecule has 0 aliphatic heterocycles. The van der Waals surface area contributed by atoms with Crippen molar-refractivity contribution in [2.24, 2.45) is 5.92 Å². The van der Waals surface area contributed by atoms with Crippen molar-refractivity contribution in [2.75, 3.05) is 6.54 Å². The Balaban J connectivity index is 2.24. The van der Waals surface area contributed by atoms with Gasteiger partial charge in [-0.05, 0) is 30.9 Å². The van der Waals surface area contributed by atoms with E-state index >= 15 is 0 Å². The lowest BCUT2D eigenvalue weighted by Crippen LogP contribution is -2.36. The number of carboxylic acids is 1. The zero-order valence-electron chi connectivity index (χ0n) is 12.6. The van der Waals surface area contributed by atoms with Crippen molar-refractivity contribution in [3.63, 3.8) is 0 Å². The van der Waals surface area contributed by atoms with E-state index in [4.69, 9.17) is 5.11 Å². The van der Waals surface area contributed by atoms with Gasteiger partial charge in [-0.3, -0.25) is 9.78 Å². The molecule has 116 valence electrons. The first-order valence-corrected chi connectivity index (χ1v) is 7.21. The number of pyridine rings is 1. The van der Waals surface area contributed by atoms with Gasteiger partial charge in [0.25, 0.3) is 0 Å². The van der Waals surface area contributed by atoms with Crippen LogP contribution in [0, 0.1) is 5.92 Å². The van der Waals surface area contributed by atoms with Gasteiger partial charge in [-0.25, -0.2) is 4.79 Å². The number of urea groups is 1. The molecule has 1 aromatic rings. The van der Waals surface area contributed by atoms with Gasteiger partial charge in [0, 0.05) is 12.7 Å². The highest BCUT2D eigenvalue weighted by molar-refractivity contribution is 5.73. The molecule has 0 bridgehead atoms. The number of rotatable bonds is 8. The van der Waals surface area contributed by atoms with Crippen molar-refractivity contribution in [3.8, 4) is 0 Å². The molecule has 0 aliphatic carbocycles. The lowest BCUT2D eigenvalue weighted by molar-refractivity contribution is -0.141. The molecule has 0 radical (unpaired) electrons. The molecule has 2 amide bonds. The van der Waals surface area contributed by atoms with Crippen molar-refractivity contribution in [1.29, 1.82) is 0 Å². The third-order valence-electron chi connectivity index (χ3n) is 3.30. The molecule has 3 N–H and O–H groups in total. The standard InChI is InChI=1S/C15H23N3O3/c1-3-12-7-5-8-16-13(12)10-18-15(21)17-9-4-6-11(2)14(19)20/h5,7-8,11H,3-4,6,9-10H2,1-2H3,(H,19,20)(H2,17,18,21). The Bertz CT molecular complexity index is 477. The monoisotopic (exact) mass is 293 g/mol. The Kier molecular flexibility index (Phi) is 7.21. The average Bonchev–Trinajstić information content (AvgIpc) is 2.49. The Morgan fingerprint density at radius 3 is 2.81 bits per heavy atom. The van der Waals surface area contributed by atoms with E-state index in [0.717, 1.165) is 17.7 Å². The topological polar surface area (TPSA) is 91.3 Å². The molecule has 0 aromatic carbocycles. The maximum Gasteiger partial charge on any atom is 0.315 e. The van der Waals surface area contributed by atoms with Crippen LogP contribution in [-0.4, -0.2) is 28.6 Å². The minimum Gasteiger partial charge on any atom is -0.481 e. The van der Waals surface area contributed by atoms with Gasteiger partial charge in [-0.1, -0.05) is 19.9 Å². The van der Waals surface area contributed by atoms with Gasteiger partial charge in [-0.15, -0.1) is 0 Å². The van der Waals surface area contributed by atoms with Crippen LogP contribution in [0.25, 0.3) is 0 Å². The number of carbonyl (C=O) groups excluding carboxylic acids is 1. The van der Waals surface area contributed by atoms with Crippen molar-refractivity contribution in [1.82, 2.24) is 15.6 Å². The summed E-state index contributed by atoms with van der Waals surface area (Å²) < 4.78 is 0. The molecule has 0 aliphatic rings. The number of amides is 2. The molecule has 1 unspecified atom stereocenters. The quantitative estimate of drug-likeness (QED) is 0.639. The highest BCUT2D eigenvalue weighted by atomic mass is 16.4. The van der Waals surface area contributed by atoms with Crippen LogP contribution < -0.4 is 10.6 Å². The van der Waals surface area contributed by atoms with Gasteiger partial charge in [0.2, 0.25) is 0 Å². The molecule has 0 fully saturated rings. The zero-order chi connectivity index (χ0) is 15.7. The van der Waals surface area contributed by atoms with Gasteiger partial charge in [0.05, 0.1) is 18.2 Å². The molecule has 1 aromatic heterocycles. The van der Waals surface area contributed by atoms with Crippen LogP contribution in [0.2, 0.25) is 0 Å². The summed E-state index contributed by atoms with van der Waals surface area (Å²) in [6, 6.07) is 3.62. The fraction of sp³-hybridized carbons (Fsp3) is 0.533. The highest BCUT2D eigenvalue weighted by Gasteiger charge is 2.10. The summed E-state index contributed by atoms with van der Waals surface area (Å²) in [5, 5.41) is 14.2. The van der Waals surface area contributed by atoms with Gasteiger partial charge in [0.15, 0.2) is 0 Å². The third kappa shape index (κ3) is 6.25. The fourth-order valence-electron chi connectivity index (χ4n) is 1.91. The van der Waals surface area contributed by atoms with Gasteiger partial charge in [-0.2, -0.15) is 0 Å². The van der Waals surface area contributed by atoms with E-state index in [2.05, 4.69) is 15.6 Å². The summed E-state index contributed by atoms with van der Waals surface area (Å²) in [6.45, 7) is 4.56. The molecule has 1 atom stereocenters. The smallest absolute Gasteiger partial charge is 0.315 e. The van der Waals surface area contributed by atoms with E-state index in [-0.39, 0.29) is 11.9 Å². The van der Waals surface area contributed by atoms with Crippen molar-refractivity contribution >= 4 is 12.0 Å². The minimum atomic E-state index is -0.804. The number of aliphatic carboxylic acids is 1. The van der Waals surface area contributed by atoms with Crippen LogP contribution in [-0.2, 0) is 17.8 Å². The van der Waals surface area contributed by atoms with E-state index < -0.39 is 5.97 Å². The molecule has 6 heteroatoms. The number of nitrogens with zero attached hydrogens (tertiary/aromatic N) is 1. The summed E-state index contributed by atoms with van der Waals surface area (Å²) in [5.74, 6) is -1.18. The largest absolute Gasteiger partial charge is 0.481 e. The van der Waals surface area contributed by atoms with E-state index in [1.165, 1.54) is 0 Å². The number of aryl methyl sites for hydroxylation is 1. The minimum absolute atomic E-state index is 0.259. The predicted molar refractivity (Wildman–Crippen MR) is 79.9 cm³/mol. The maximum absolute atomic E-state index is 11.6. The first-order valence-electron chi connectivity index (χ1n) is 7.21. The normalized spacial score (nSPS) is 11.7. The van der Waals surface area contributed by atoms with Crippen molar-refractivity contribution < 1.29 is 14.7 Å². The van der Waals surface area contributed by atoms with Gasteiger partial charge in [0.1, 0.15) is 0 Å². The number of hydrogen-bond acceptors (Lipinski definition) is 3. The van der Waals surface area contributed by atoms with Gasteiger partial charge < -0.3 is 15.7 Å². The summed E-state index contributed by atoms with van der Waals surface area (Å²) in [5.41, 5.74) is 1.99. The van der Waals surface area contributed by atoms with Crippen molar-refractivity contribution in [3.05, 3.63) is 29.6 Å². The van der Waals surface area contributed by atoms with Crippen LogP contribution in [0.1, 0.15) is 37.9 Å². The fourth-order valence-corrected chi connectivity index (χ4v) is 1.91. The number of carboxylic acid groups (broad SMARTS) is 1. The summed E-state index contributed by atoms with van der Waals surface area (Å²) in [7, 11) is 0. The highest BCUT2D eigenvalue weighted by Crippen LogP contribution is 2.06. The van der Waals surface area contributed by atoms with Crippen LogP contribution in [0.15, 0.2) is 18.3 Å². The predicted octanol–water partition coefficient (Wildman–Crippen LogP) is 1.94. The molecule has 1 heterocycles. The van der Waals surface area contributed by atoms with Crippen LogP contribution in [0.3, 0.4) is 0 Å². The molecule has 6 nitrogen and oxygen atoms in total. The number of carbonyl (C=O) groups is 2. The molecular formula is C15H23N3O3. The lowest BCUT2D eigenvalue weighted by atomic mass is 10.1. The van der Waals surface area contributed by atoms with E-state index in [1.54, 1.807) is 13.1 Å². The summed E-state index contributed by atoms with van der Waals surface area (Å²) in [4.78, 5) is 26.5. The molecule has 0 saturated carbocycles. The molecule has 21 heavy (non-hydrogen) atoms. The Morgan fingerprint density at radius 1 is 1.38 bits per heavy atom. The molecular weight excluding hydrogens is 270 g/mol. The maximum atomic E-state index is 11.6. The summed E-state index contributed by atoms with van der Waals surface area (Å²) >= 11 is 0. The zero-order valence-corrected chi connectivity index (χ0v) is 12.6. The van der Waals surface area contributed by atoms with E-state index in [1.807, 2.05) is 19.1 Å². The number of hydrogen-bond donors (Lipinski definition) is 3. The first-order chi connectivity index (χ1) is 10.0. The van der Waals surface area contributed by atoms with Crippen LogP contribution >= 0.6 is 0 Å². The van der Waals surface area contributed by atoms with E-state index in [0.29, 0.717) is 25.9 Å². The number of aromatic nitrogens is 1. The molecule has 0 spiro atoms.